The molecule has 0 saturated heterocycles. The van der Waals surface area contributed by atoms with E-state index in [1.165, 1.54) is 12.8 Å². The highest BCUT2D eigenvalue weighted by Gasteiger charge is 2.48. The van der Waals surface area contributed by atoms with Crippen LogP contribution in [-0.2, 0) is 4.79 Å². The lowest BCUT2D eigenvalue weighted by Crippen LogP contribution is -2.50. The van der Waals surface area contributed by atoms with Crippen molar-refractivity contribution in [3.63, 3.8) is 0 Å². The lowest BCUT2D eigenvalue weighted by Gasteiger charge is -2.28. The zero-order chi connectivity index (χ0) is 25.7. The second-order valence-electron chi connectivity index (χ2n) is 11.3. The Bertz CT molecular complexity index is 1260. The maximum absolute atomic E-state index is 13.7. The van der Waals surface area contributed by atoms with Gasteiger partial charge in [0.15, 0.2) is 0 Å². The number of aromatic nitrogens is 4. The molecule has 3 fully saturated rings. The smallest absolute Gasteiger partial charge is 0.270 e. The topological polar surface area (TPSA) is 105 Å². The molecule has 194 valence electrons. The fourth-order valence-corrected chi connectivity index (χ4v) is 5.96. The van der Waals surface area contributed by atoms with Gasteiger partial charge >= 0.3 is 0 Å². The van der Waals surface area contributed by atoms with Crippen molar-refractivity contribution < 1.29 is 9.59 Å². The molecule has 2 heterocycles. The molecule has 3 aromatic rings. The van der Waals surface area contributed by atoms with Crippen LogP contribution in [0, 0.1) is 37.5 Å². The number of amides is 2. The Morgan fingerprint density at radius 2 is 1.62 bits per heavy atom. The number of carbonyl (C=O) groups is 2. The van der Waals surface area contributed by atoms with Crippen molar-refractivity contribution in [2.75, 3.05) is 5.32 Å². The summed E-state index contributed by atoms with van der Waals surface area (Å²) in [7, 11) is 0. The van der Waals surface area contributed by atoms with Gasteiger partial charge in [-0.3, -0.25) is 19.4 Å². The van der Waals surface area contributed by atoms with E-state index in [-0.39, 0.29) is 23.8 Å². The number of H-pyrrole nitrogens is 1. The van der Waals surface area contributed by atoms with E-state index < -0.39 is 6.04 Å². The summed E-state index contributed by atoms with van der Waals surface area (Å²) in [5, 5.41) is 18.0. The van der Waals surface area contributed by atoms with Gasteiger partial charge in [0.1, 0.15) is 11.7 Å². The van der Waals surface area contributed by atoms with Crippen molar-refractivity contribution in [3.8, 4) is 11.1 Å². The van der Waals surface area contributed by atoms with Crippen LogP contribution in [0.25, 0.3) is 11.1 Å². The highest BCUT2D eigenvalue weighted by atomic mass is 16.2. The zero-order valence-corrected chi connectivity index (χ0v) is 21.8. The van der Waals surface area contributed by atoms with E-state index in [1.807, 2.05) is 42.8 Å². The van der Waals surface area contributed by atoms with Crippen LogP contribution >= 0.6 is 0 Å². The summed E-state index contributed by atoms with van der Waals surface area (Å²) in [6.45, 7) is 6.11. The lowest BCUT2D eigenvalue weighted by molar-refractivity contribution is -0.119. The molecule has 6 rings (SSSR count). The fraction of sp³-hybridized carbons (Fsp3) is 0.517. The van der Waals surface area contributed by atoms with E-state index in [4.69, 9.17) is 0 Å². The predicted octanol–water partition coefficient (Wildman–Crippen LogP) is 5.03. The van der Waals surface area contributed by atoms with Crippen molar-refractivity contribution in [2.24, 2.45) is 23.7 Å². The van der Waals surface area contributed by atoms with Crippen LogP contribution in [0.1, 0.15) is 73.4 Å². The van der Waals surface area contributed by atoms with Gasteiger partial charge < -0.3 is 10.6 Å². The number of anilines is 1. The lowest BCUT2D eigenvalue weighted by atomic mass is 9.88. The molecule has 0 radical (unpaired) electrons. The molecule has 2 amide bonds. The third kappa shape index (κ3) is 4.93. The Hall–Kier alpha value is -3.42. The molecule has 2 aromatic heterocycles. The minimum atomic E-state index is -0.565. The summed E-state index contributed by atoms with van der Waals surface area (Å²) in [5.74, 6) is 1.42. The minimum Gasteiger partial charge on any atom is -0.339 e. The first kappa shape index (κ1) is 23.9. The monoisotopic (exact) mass is 500 g/mol. The van der Waals surface area contributed by atoms with E-state index in [1.54, 1.807) is 12.3 Å². The van der Waals surface area contributed by atoms with E-state index in [9.17, 15) is 9.59 Å². The molecule has 3 aliphatic carbocycles. The zero-order valence-electron chi connectivity index (χ0n) is 21.8. The summed E-state index contributed by atoms with van der Waals surface area (Å²) in [4.78, 5) is 27.2. The molecular formula is C29H36N6O2. The summed E-state index contributed by atoms with van der Waals surface area (Å²) >= 11 is 0. The molecule has 0 bridgehead atoms. The second-order valence-corrected chi connectivity index (χ2v) is 11.3. The van der Waals surface area contributed by atoms with Crippen LogP contribution in [0.4, 0.5) is 5.69 Å². The van der Waals surface area contributed by atoms with Crippen molar-refractivity contribution in [1.82, 2.24) is 25.3 Å². The SMILES string of the molecule is Cc1n[nH]c(C)c1-c1ccc(NC(=O)[C@@H](NC(=O)c2ccnn2C(C)C2CC2)C(C2CC2)C2CC2)cc1. The van der Waals surface area contributed by atoms with Crippen molar-refractivity contribution >= 4 is 17.5 Å². The first-order valence-electron chi connectivity index (χ1n) is 13.7. The molecule has 0 aliphatic heterocycles. The Labute approximate surface area is 217 Å². The van der Waals surface area contributed by atoms with Crippen molar-refractivity contribution in [3.05, 3.63) is 53.6 Å². The second kappa shape index (κ2) is 9.47. The molecule has 3 aliphatic rings. The molecule has 8 nitrogen and oxygen atoms in total. The Morgan fingerprint density at radius 3 is 2.19 bits per heavy atom. The predicted molar refractivity (Wildman–Crippen MR) is 142 cm³/mol. The molecule has 0 spiro atoms. The standard InChI is InChI=1S/C29H36N6O2/c1-16-25(17(2)34-33-16)20-10-12-23(13-11-20)31-29(37)27(26(21-6-7-21)22-8-9-22)32-28(36)24-14-15-30-35(24)18(3)19-4-5-19/h10-15,18-19,21-22,26-27H,4-9H2,1-3H3,(H,31,37)(H,32,36)(H,33,34)/t18?,27-/m0/s1. The average Bonchev–Trinajstić information content (AvgIpc) is 3.76. The first-order valence-corrected chi connectivity index (χ1v) is 13.7. The van der Waals surface area contributed by atoms with Gasteiger partial charge in [-0.05, 0) is 107 Å². The Morgan fingerprint density at radius 1 is 0.973 bits per heavy atom. The van der Waals surface area contributed by atoms with Crippen LogP contribution in [0.5, 0.6) is 0 Å². The van der Waals surface area contributed by atoms with Gasteiger partial charge in [-0.1, -0.05) is 12.1 Å². The summed E-state index contributed by atoms with van der Waals surface area (Å²) in [6.07, 6.45) is 8.58. The highest BCUT2D eigenvalue weighted by Crippen LogP contribution is 2.51. The minimum absolute atomic E-state index is 0.137. The van der Waals surface area contributed by atoms with E-state index >= 15 is 0 Å². The molecule has 37 heavy (non-hydrogen) atoms. The number of aromatic amines is 1. The number of benzene rings is 1. The number of nitrogens with zero attached hydrogens (tertiary/aromatic N) is 3. The molecular weight excluding hydrogens is 464 g/mol. The summed E-state index contributed by atoms with van der Waals surface area (Å²) in [6, 6.07) is 9.25. The first-order chi connectivity index (χ1) is 17.9. The number of rotatable bonds is 10. The Kier molecular flexibility index (Phi) is 6.13. The molecule has 2 atom stereocenters. The largest absolute Gasteiger partial charge is 0.339 e. The van der Waals surface area contributed by atoms with Gasteiger partial charge in [0.2, 0.25) is 5.91 Å². The maximum atomic E-state index is 13.7. The fourth-order valence-electron chi connectivity index (χ4n) is 5.96. The number of hydrogen-bond acceptors (Lipinski definition) is 4. The molecule has 1 unspecified atom stereocenters. The van der Waals surface area contributed by atoms with Crippen LogP contribution < -0.4 is 10.6 Å². The average molecular weight is 501 g/mol. The summed E-state index contributed by atoms with van der Waals surface area (Å²) < 4.78 is 1.84. The van der Waals surface area contributed by atoms with E-state index in [0.29, 0.717) is 23.4 Å². The third-order valence-electron chi connectivity index (χ3n) is 8.45. The van der Waals surface area contributed by atoms with E-state index in [2.05, 4.69) is 32.9 Å². The third-order valence-corrected chi connectivity index (χ3v) is 8.45. The number of aryl methyl sites for hydroxylation is 2. The molecule has 3 N–H and O–H groups in total. The van der Waals surface area contributed by atoms with Crippen LogP contribution in [-0.4, -0.2) is 37.8 Å². The van der Waals surface area contributed by atoms with Crippen molar-refractivity contribution in [2.45, 2.75) is 71.4 Å². The quantitative estimate of drug-likeness (QED) is 0.363. The number of hydrogen-bond donors (Lipinski definition) is 3. The number of nitrogens with one attached hydrogen (secondary N) is 3. The highest BCUT2D eigenvalue weighted by molar-refractivity contribution is 6.01. The van der Waals surface area contributed by atoms with Crippen LogP contribution in [0.15, 0.2) is 36.5 Å². The van der Waals surface area contributed by atoms with Crippen LogP contribution in [0.3, 0.4) is 0 Å². The molecule has 3 saturated carbocycles. The van der Waals surface area contributed by atoms with Gasteiger partial charge in [0, 0.05) is 23.1 Å². The van der Waals surface area contributed by atoms with E-state index in [0.717, 1.165) is 53.9 Å². The van der Waals surface area contributed by atoms with Gasteiger partial charge in [-0.2, -0.15) is 10.2 Å². The van der Waals surface area contributed by atoms with Gasteiger partial charge in [-0.25, -0.2) is 0 Å². The summed E-state index contributed by atoms with van der Waals surface area (Å²) in [5.41, 5.74) is 5.37. The molecule has 1 aromatic carbocycles. The number of carbonyl (C=O) groups excluding carboxylic acids is 2. The normalized spacial score (nSPS) is 19.0. The van der Waals surface area contributed by atoms with Gasteiger partial charge in [0.25, 0.3) is 5.91 Å². The van der Waals surface area contributed by atoms with Crippen molar-refractivity contribution in [1.29, 1.82) is 0 Å². The van der Waals surface area contributed by atoms with Gasteiger partial charge in [0.05, 0.1) is 11.7 Å². The Balaban J connectivity index is 1.22. The van der Waals surface area contributed by atoms with Gasteiger partial charge in [-0.15, -0.1) is 0 Å². The van der Waals surface area contributed by atoms with Crippen LogP contribution in [0.2, 0.25) is 0 Å². The molecule has 8 heteroatoms. The maximum Gasteiger partial charge on any atom is 0.270 e.